The number of benzene rings is 2. The van der Waals surface area contributed by atoms with Crippen LogP contribution in [0.15, 0.2) is 47.4 Å². The molecule has 0 aromatic heterocycles. The van der Waals surface area contributed by atoms with Crippen molar-refractivity contribution in [2.75, 3.05) is 19.4 Å². The van der Waals surface area contributed by atoms with E-state index in [1.54, 1.807) is 0 Å². The van der Waals surface area contributed by atoms with Crippen molar-refractivity contribution in [2.24, 2.45) is 0 Å². The molecule has 1 aliphatic heterocycles. The molecule has 0 atom stereocenters. The molecule has 0 bridgehead atoms. The van der Waals surface area contributed by atoms with Crippen LogP contribution in [0.1, 0.15) is 29.8 Å². The summed E-state index contributed by atoms with van der Waals surface area (Å²) >= 11 is 0. The van der Waals surface area contributed by atoms with E-state index in [1.807, 2.05) is 32.0 Å². The van der Waals surface area contributed by atoms with E-state index >= 15 is 0 Å². The van der Waals surface area contributed by atoms with Gasteiger partial charge in [0.1, 0.15) is 12.2 Å². The molecule has 2 aromatic rings. The van der Waals surface area contributed by atoms with Crippen LogP contribution in [0.4, 0.5) is 0 Å². The van der Waals surface area contributed by atoms with E-state index in [2.05, 4.69) is 5.32 Å². The third-order valence-electron chi connectivity index (χ3n) is 4.24. The van der Waals surface area contributed by atoms with E-state index in [0.717, 1.165) is 24.0 Å². The first-order valence-corrected chi connectivity index (χ1v) is 10.6. The zero-order valence-corrected chi connectivity index (χ0v) is 16.4. The Morgan fingerprint density at radius 3 is 2.56 bits per heavy atom. The number of para-hydroxylation sites is 1. The summed E-state index contributed by atoms with van der Waals surface area (Å²) in [6.07, 6.45) is 1.96. The van der Waals surface area contributed by atoms with Crippen LogP contribution in [0, 0.1) is 0 Å². The lowest BCUT2D eigenvalue weighted by Crippen LogP contribution is -2.28. The topological polar surface area (TPSA) is 81.7 Å². The minimum atomic E-state index is -3.27. The van der Waals surface area contributed by atoms with E-state index in [4.69, 9.17) is 9.47 Å². The van der Waals surface area contributed by atoms with Gasteiger partial charge in [-0.15, -0.1) is 0 Å². The van der Waals surface area contributed by atoms with Crippen molar-refractivity contribution in [3.63, 3.8) is 0 Å². The summed E-state index contributed by atoms with van der Waals surface area (Å²) in [5.41, 5.74) is 1.27. The van der Waals surface area contributed by atoms with Crippen LogP contribution in [-0.2, 0) is 16.3 Å². The molecule has 3 rings (SSSR count). The first-order valence-electron chi connectivity index (χ1n) is 8.68. The molecule has 1 amide bonds. The molecule has 0 radical (unpaired) electrons. The number of carbonyl (C=O) groups is 1. The van der Waals surface area contributed by atoms with Gasteiger partial charge in [-0.2, -0.15) is 0 Å². The van der Waals surface area contributed by atoms with Gasteiger partial charge in [-0.1, -0.05) is 12.1 Å². The number of nitrogens with one attached hydrogen (secondary N) is 1. The van der Waals surface area contributed by atoms with Gasteiger partial charge in [0.2, 0.25) is 0 Å². The van der Waals surface area contributed by atoms with Crippen LogP contribution in [0.5, 0.6) is 11.5 Å². The Labute approximate surface area is 159 Å². The summed E-state index contributed by atoms with van der Waals surface area (Å²) in [5, 5.41) is 2.76. The number of amides is 1. The normalized spacial score (nSPS) is 14.9. The van der Waals surface area contributed by atoms with Crippen molar-refractivity contribution in [3.8, 4) is 11.5 Å². The predicted molar refractivity (Wildman–Crippen MR) is 102 cm³/mol. The Bertz CT molecular complexity index is 949. The molecule has 0 spiro atoms. The van der Waals surface area contributed by atoms with Crippen LogP contribution in [-0.4, -0.2) is 39.3 Å². The van der Waals surface area contributed by atoms with Gasteiger partial charge in [0.25, 0.3) is 5.91 Å². The second-order valence-corrected chi connectivity index (χ2v) is 9.20. The fourth-order valence-corrected chi connectivity index (χ4v) is 3.61. The maximum atomic E-state index is 12.1. The number of ether oxygens (including phenoxy) is 2. The standard InChI is InChI=1S/C20H23NO5S/c1-20(2)13-15-5-4-6-17(18(15)26-20)25-12-11-21-19(22)14-7-9-16(10-8-14)27(3,23)24/h4-10H,11-13H2,1-3H3,(H,21,22). The number of fused-ring (bicyclic) bond motifs is 1. The Balaban J connectivity index is 1.53. The quantitative estimate of drug-likeness (QED) is 0.768. The Hall–Kier alpha value is -2.54. The zero-order chi connectivity index (χ0) is 19.7. The highest BCUT2D eigenvalue weighted by atomic mass is 32.2. The largest absolute Gasteiger partial charge is 0.488 e. The van der Waals surface area contributed by atoms with Crippen molar-refractivity contribution >= 4 is 15.7 Å². The van der Waals surface area contributed by atoms with Crippen molar-refractivity contribution in [3.05, 3.63) is 53.6 Å². The van der Waals surface area contributed by atoms with Gasteiger partial charge in [-0.05, 0) is 44.2 Å². The lowest BCUT2D eigenvalue weighted by molar-refractivity contribution is 0.0946. The third kappa shape index (κ3) is 4.60. The fourth-order valence-electron chi connectivity index (χ4n) is 2.98. The molecular weight excluding hydrogens is 366 g/mol. The molecular formula is C20H23NO5S. The molecule has 2 aromatic carbocycles. The Morgan fingerprint density at radius 2 is 1.89 bits per heavy atom. The lowest BCUT2D eigenvalue weighted by Gasteiger charge is -2.18. The van der Waals surface area contributed by atoms with Crippen LogP contribution in [0.3, 0.4) is 0 Å². The molecule has 6 nitrogen and oxygen atoms in total. The van der Waals surface area contributed by atoms with Gasteiger partial charge >= 0.3 is 0 Å². The average Bonchev–Trinajstić information content (AvgIpc) is 2.92. The Kier molecular flexibility index (Phi) is 5.15. The highest BCUT2D eigenvalue weighted by Crippen LogP contribution is 2.41. The van der Waals surface area contributed by atoms with Crippen molar-refractivity contribution < 1.29 is 22.7 Å². The highest BCUT2D eigenvalue weighted by Gasteiger charge is 2.32. The molecule has 27 heavy (non-hydrogen) atoms. The zero-order valence-electron chi connectivity index (χ0n) is 15.6. The summed E-state index contributed by atoms with van der Waals surface area (Å²) in [5.74, 6) is 1.16. The van der Waals surface area contributed by atoms with Crippen LogP contribution < -0.4 is 14.8 Å². The van der Waals surface area contributed by atoms with E-state index < -0.39 is 9.84 Å². The molecule has 0 fully saturated rings. The first-order chi connectivity index (χ1) is 12.7. The second kappa shape index (κ2) is 7.23. The molecule has 0 unspecified atom stereocenters. The lowest BCUT2D eigenvalue weighted by atomic mass is 10.0. The third-order valence-corrected chi connectivity index (χ3v) is 5.37. The summed E-state index contributed by atoms with van der Waals surface area (Å²) < 4.78 is 34.6. The van der Waals surface area contributed by atoms with Crippen LogP contribution in [0.25, 0.3) is 0 Å². The smallest absolute Gasteiger partial charge is 0.251 e. The maximum Gasteiger partial charge on any atom is 0.251 e. The van der Waals surface area contributed by atoms with Gasteiger partial charge in [0.15, 0.2) is 21.3 Å². The minimum Gasteiger partial charge on any atom is -0.488 e. The molecule has 1 N–H and O–H groups in total. The summed E-state index contributed by atoms with van der Waals surface area (Å²) in [6.45, 7) is 4.69. The van der Waals surface area contributed by atoms with Gasteiger partial charge in [-0.25, -0.2) is 8.42 Å². The summed E-state index contributed by atoms with van der Waals surface area (Å²) in [4.78, 5) is 12.3. The SMILES string of the molecule is CC1(C)Cc2cccc(OCCNC(=O)c3ccc(S(C)(=O)=O)cc3)c2O1. The molecule has 0 saturated heterocycles. The average molecular weight is 389 g/mol. The molecule has 1 aliphatic rings. The fraction of sp³-hybridized carbons (Fsp3) is 0.350. The summed E-state index contributed by atoms with van der Waals surface area (Å²) in [6, 6.07) is 11.6. The predicted octanol–water partition coefficient (Wildman–Crippen LogP) is 2.61. The monoisotopic (exact) mass is 389 g/mol. The van der Waals surface area contributed by atoms with Gasteiger partial charge < -0.3 is 14.8 Å². The summed E-state index contributed by atoms with van der Waals surface area (Å²) in [7, 11) is -3.27. The van der Waals surface area contributed by atoms with E-state index in [-0.39, 0.29) is 16.4 Å². The maximum absolute atomic E-state index is 12.1. The molecule has 7 heteroatoms. The van der Waals surface area contributed by atoms with E-state index in [0.29, 0.717) is 24.5 Å². The van der Waals surface area contributed by atoms with Gasteiger partial charge in [0, 0.05) is 23.8 Å². The number of rotatable bonds is 6. The van der Waals surface area contributed by atoms with Crippen LogP contribution in [0.2, 0.25) is 0 Å². The van der Waals surface area contributed by atoms with Gasteiger partial charge in [0.05, 0.1) is 11.4 Å². The van der Waals surface area contributed by atoms with Gasteiger partial charge in [-0.3, -0.25) is 4.79 Å². The molecule has 1 heterocycles. The van der Waals surface area contributed by atoms with Crippen molar-refractivity contribution in [2.45, 2.75) is 30.8 Å². The highest BCUT2D eigenvalue weighted by molar-refractivity contribution is 7.90. The number of sulfone groups is 1. The first kappa shape index (κ1) is 19.2. The molecule has 144 valence electrons. The molecule has 0 aliphatic carbocycles. The van der Waals surface area contributed by atoms with E-state index in [1.165, 1.54) is 24.3 Å². The van der Waals surface area contributed by atoms with E-state index in [9.17, 15) is 13.2 Å². The number of carbonyl (C=O) groups excluding carboxylic acids is 1. The minimum absolute atomic E-state index is 0.184. The van der Waals surface area contributed by atoms with Crippen molar-refractivity contribution in [1.82, 2.24) is 5.32 Å². The van der Waals surface area contributed by atoms with Crippen molar-refractivity contribution in [1.29, 1.82) is 0 Å². The van der Waals surface area contributed by atoms with Crippen LogP contribution >= 0.6 is 0 Å². The molecule has 0 saturated carbocycles. The number of hydrogen-bond acceptors (Lipinski definition) is 5. The Morgan fingerprint density at radius 1 is 1.19 bits per heavy atom. The second-order valence-electron chi connectivity index (χ2n) is 7.18. The number of hydrogen-bond donors (Lipinski definition) is 1.